The zero-order valence-corrected chi connectivity index (χ0v) is 37.6. The molecule has 0 N–H and O–H groups in total. The van der Waals surface area contributed by atoms with Crippen molar-refractivity contribution < 1.29 is 0 Å². The molecule has 1 aromatic heterocycles. The predicted octanol–water partition coefficient (Wildman–Crippen LogP) is 16.6. The van der Waals surface area contributed by atoms with Crippen LogP contribution in [0.15, 0.2) is 237 Å². The number of hydrogen-bond acceptors (Lipinski definition) is 1. The van der Waals surface area contributed by atoms with Gasteiger partial charge in [-0.3, -0.25) is 4.98 Å². The minimum absolute atomic E-state index is 0.590. The fraction of sp³-hybridized carbons (Fsp3) is 0.0455. The molecule has 12 rings (SSSR count). The summed E-state index contributed by atoms with van der Waals surface area (Å²) in [6.45, 7) is 4.48. The number of fused-ring (bicyclic) bond motifs is 10. The number of aryl methyl sites for hydroxylation is 2. The molecule has 0 saturated carbocycles. The molecule has 2 aliphatic carbocycles. The normalized spacial score (nSPS) is 12.4. The highest BCUT2D eigenvalue weighted by molar-refractivity contribution is 5.97. The van der Waals surface area contributed by atoms with Crippen LogP contribution in [-0.2, 0) is 5.41 Å². The molecule has 1 heteroatoms. The largest absolute Gasteiger partial charge is 0.259 e. The summed E-state index contributed by atoms with van der Waals surface area (Å²) >= 11 is 0. The molecule has 1 heterocycles. The van der Waals surface area contributed by atoms with Crippen LogP contribution in [0.2, 0.25) is 0 Å². The summed E-state index contributed by atoms with van der Waals surface area (Å²) in [5, 5.41) is 0. The van der Waals surface area contributed by atoms with Crippen LogP contribution in [0.4, 0.5) is 0 Å². The van der Waals surface area contributed by atoms with Crippen LogP contribution in [0, 0.1) is 13.8 Å². The number of hydrogen-bond donors (Lipinski definition) is 0. The van der Waals surface area contributed by atoms with Gasteiger partial charge in [-0.2, -0.15) is 0 Å². The standard InChI is InChI=1S/C66H47N/c1-44-38-61-58-24-15-37-67-65(58)66(62(61)39-45(44)2)63-42-54(48-29-25-46(26-30-48)40-59(50-16-7-3-8-17-50)51-18-9-4-10-19-51)33-35-56(63)57-36-34-55(43-64(57)66)49-31-27-47(28-32-49)41-60(52-20-11-5-12-21-52)53-22-13-6-14-23-53/h3-43H,1-2H3. The molecule has 10 aromatic rings. The van der Waals surface area contributed by atoms with E-state index in [1.54, 1.807) is 0 Å². The number of pyridine rings is 1. The van der Waals surface area contributed by atoms with Crippen molar-refractivity contribution in [2.24, 2.45) is 0 Å². The number of nitrogens with zero attached hydrogens (tertiary/aromatic N) is 1. The SMILES string of the molecule is Cc1cc2c(cc1C)C1(c3cc(-c4ccc(C=C(c5ccccc5)c5ccccc5)cc4)ccc3-c3ccc(-c4ccc(C=C(c5ccccc5)c5ccccc5)cc4)cc31)c1ncccc1-2. The fourth-order valence-corrected chi connectivity index (χ4v) is 10.6. The van der Waals surface area contributed by atoms with Crippen LogP contribution in [0.1, 0.15) is 66.9 Å². The lowest BCUT2D eigenvalue weighted by Crippen LogP contribution is -2.27. The number of benzene rings is 9. The molecule has 0 radical (unpaired) electrons. The Morgan fingerprint density at radius 2 is 0.731 bits per heavy atom. The van der Waals surface area contributed by atoms with Gasteiger partial charge in [0.05, 0.1) is 11.1 Å². The molecule has 67 heavy (non-hydrogen) atoms. The molecular weight excluding hydrogens is 807 g/mol. The van der Waals surface area contributed by atoms with Gasteiger partial charge in [-0.1, -0.05) is 212 Å². The molecule has 2 aliphatic rings. The van der Waals surface area contributed by atoms with E-state index in [-0.39, 0.29) is 0 Å². The van der Waals surface area contributed by atoms with Crippen molar-refractivity contribution in [1.29, 1.82) is 0 Å². The van der Waals surface area contributed by atoms with Crippen LogP contribution in [-0.4, -0.2) is 4.98 Å². The average Bonchev–Trinajstić information content (AvgIpc) is 3.84. The van der Waals surface area contributed by atoms with Gasteiger partial charge in [0.1, 0.15) is 0 Å². The summed E-state index contributed by atoms with van der Waals surface area (Å²) in [7, 11) is 0. The topological polar surface area (TPSA) is 12.9 Å². The lowest BCUT2D eigenvalue weighted by molar-refractivity contribution is 0.759. The molecule has 0 fully saturated rings. The van der Waals surface area contributed by atoms with Crippen LogP contribution in [0.3, 0.4) is 0 Å². The zero-order chi connectivity index (χ0) is 44.9. The summed E-state index contributed by atoms with van der Waals surface area (Å²) < 4.78 is 0. The van der Waals surface area contributed by atoms with Gasteiger partial charge >= 0.3 is 0 Å². The minimum atomic E-state index is -0.590. The summed E-state index contributed by atoms with van der Waals surface area (Å²) in [4.78, 5) is 5.34. The molecule has 0 atom stereocenters. The van der Waals surface area contributed by atoms with Gasteiger partial charge < -0.3 is 0 Å². The maximum Gasteiger partial charge on any atom is 0.0898 e. The maximum atomic E-state index is 5.34. The van der Waals surface area contributed by atoms with Gasteiger partial charge in [0.15, 0.2) is 0 Å². The Labute approximate surface area is 393 Å². The maximum absolute atomic E-state index is 5.34. The lowest BCUT2D eigenvalue weighted by Gasteiger charge is -2.30. The summed E-state index contributed by atoms with van der Waals surface area (Å²) in [5.41, 5.74) is 26.3. The molecule has 1 nitrogen and oxygen atoms in total. The summed E-state index contributed by atoms with van der Waals surface area (Å²) in [5.74, 6) is 0. The third-order valence-corrected chi connectivity index (χ3v) is 14.1. The Morgan fingerprint density at radius 3 is 1.16 bits per heavy atom. The van der Waals surface area contributed by atoms with Crippen LogP contribution < -0.4 is 0 Å². The van der Waals surface area contributed by atoms with Gasteiger partial charge in [-0.05, 0) is 155 Å². The number of rotatable bonds is 8. The lowest BCUT2D eigenvalue weighted by atomic mass is 9.71. The average molecular weight is 854 g/mol. The number of aromatic nitrogens is 1. The van der Waals surface area contributed by atoms with Gasteiger partial charge in [0.2, 0.25) is 0 Å². The van der Waals surface area contributed by atoms with E-state index < -0.39 is 5.41 Å². The van der Waals surface area contributed by atoms with E-state index in [2.05, 4.69) is 257 Å². The van der Waals surface area contributed by atoms with Crippen molar-refractivity contribution in [3.63, 3.8) is 0 Å². The van der Waals surface area contributed by atoms with Gasteiger partial charge in [-0.15, -0.1) is 0 Å². The Kier molecular flexibility index (Phi) is 9.92. The monoisotopic (exact) mass is 853 g/mol. The van der Waals surface area contributed by atoms with Gasteiger partial charge in [0.25, 0.3) is 0 Å². The second kappa shape index (κ2) is 16.6. The van der Waals surface area contributed by atoms with Crippen molar-refractivity contribution in [2.75, 3.05) is 0 Å². The first-order chi connectivity index (χ1) is 33.0. The van der Waals surface area contributed by atoms with E-state index in [0.29, 0.717) is 0 Å². The van der Waals surface area contributed by atoms with Crippen molar-refractivity contribution in [3.05, 3.63) is 304 Å². The first-order valence-corrected chi connectivity index (χ1v) is 23.3. The molecule has 1 spiro atoms. The van der Waals surface area contributed by atoms with Crippen molar-refractivity contribution in [1.82, 2.24) is 4.98 Å². The van der Waals surface area contributed by atoms with Crippen LogP contribution in [0.25, 0.3) is 67.8 Å². The molecule has 0 unspecified atom stereocenters. The Morgan fingerprint density at radius 1 is 0.343 bits per heavy atom. The van der Waals surface area contributed by atoms with E-state index in [1.807, 2.05) is 6.20 Å². The summed E-state index contributed by atoms with van der Waals surface area (Å²) in [6, 6.07) is 84.2. The van der Waals surface area contributed by atoms with E-state index >= 15 is 0 Å². The van der Waals surface area contributed by atoms with Crippen molar-refractivity contribution >= 4 is 23.3 Å². The van der Waals surface area contributed by atoms with Gasteiger partial charge in [0, 0.05) is 11.8 Å². The second-order valence-corrected chi connectivity index (χ2v) is 18.0. The first-order valence-electron chi connectivity index (χ1n) is 23.3. The van der Waals surface area contributed by atoms with Crippen molar-refractivity contribution in [3.8, 4) is 44.5 Å². The highest BCUT2D eigenvalue weighted by Crippen LogP contribution is 2.63. The van der Waals surface area contributed by atoms with Crippen LogP contribution >= 0.6 is 0 Å². The zero-order valence-electron chi connectivity index (χ0n) is 37.6. The molecular formula is C66H47N. The quantitative estimate of drug-likeness (QED) is 0.139. The Bertz CT molecular complexity index is 3260. The molecule has 316 valence electrons. The Hall–Kier alpha value is -8.39. The van der Waals surface area contributed by atoms with Crippen molar-refractivity contribution in [2.45, 2.75) is 19.3 Å². The highest BCUT2D eigenvalue weighted by Gasteiger charge is 2.53. The highest BCUT2D eigenvalue weighted by atomic mass is 14.7. The van der Waals surface area contributed by atoms with E-state index in [1.165, 1.54) is 106 Å². The Balaban J connectivity index is 0.973. The minimum Gasteiger partial charge on any atom is -0.259 e. The molecule has 0 saturated heterocycles. The van der Waals surface area contributed by atoms with Gasteiger partial charge in [-0.25, -0.2) is 0 Å². The second-order valence-electron chi connectivity index (χ2n) is 18.0. The third kappa shape index (κ3) is 6.91. The van der Waals surface area contributed by atoms with E-state index in [0.717, 1.165) is 16.8 Å². The molecule has 9 aromatic carbocycles. The van der Waals surface area contributed by atoms with E-state index in [9.17, 15) is 0 Å². The first kappa shape index (κ1) is 40.1. The predicted molar refractivity (Wildman–Crippen MR) is 281 cm³/mol. The van der Waals surface area contributed by atoms with Crippen LogP contribution in [0.5, 0.6) is 0 Å². The smallest absolute Gasteiger partial charge is 0.0898 e. The molecule has 0 bridgehead atoms. The third-order valence-electron chi connectivity index (χ3n) is 14.1. The van der Waals surface area contributed by atoms with E-state index in [4.69, 9.17) is 4.98 Å². The summed E-state index contributed by atoms with van der Waals surface area (Å²) in [6.07, 6.45) is 6.59. The fourth-order valence-electron chi connectivity index (χ4n) is 10.6. The molecule has 0 aliphatic heterocycles. The molecule has 0 amide bonds.